The van der Waals surface area contributed by atoms with Crippen molar-refractivity contribution >= 4 is 5.91 Å². The molecule has 2 unspecified atom stereocenters. The van der Waals surface area contributed by atoms with Crippen LogP contribution in [0.25, 0.3) is 0 Å². The van der Waals surface area contributed by atoms with E-state index >= 15 is 0 Å². The largest absolute Gasteiger partial charge is 0.491 e. The van der Waals surface area contributed by atoms with Crippen molar-refractivity contribution in [2.75, 3.05) is 0 Å². The molecule has 1 aromatic carbocycles. The first-order valence-corrected chi connectivity index (χ1v) is 7.12. The highest BCUT2D eigenvalue weighted by Gasteiger charge is 2.11. The first kappa shape index (κ1) is 16.5. The van der Waals surface area contributed by atoms with Gasteiger partial charge in [-0.15, -0.1) is 0 Å². The lowest BCUT2D eigenvalue weighted by atomic mass is 10.1. The van der Waals surface area contributed by atoms with E-state index < -0.39 is 6.10 Å². The van der Waals surface area contributed by atoms with Gasteiger partial charge in [0, 0.05) is 6.42 Å². The normalized spacial score (nSPS) is 13.9. The van der Waals surface area contributed by atoms with Crippen molar-refractivity contribution in [3.05, 3.63) is 29.8 Å². The lowest BCUT2D eigenvalue weighted by Gasteiger charge is -2.17. The van der Waals surface area contributed by atoms with E-state index in [2.05, 4.69) is 5.32 Å². The van der Waals surface area contributed by atoms with E-state index in [9.17, 15) is 9.90 Å². The van der Waals surface area contributed by atoms with Crippen molar-refractivity contribution in [1.29, 1.82) is 0 Å². The average molecular weight is 279 g/mol. The van der Waals surface area contributed by atoms with Gasteiger partial charge in [-0.2, -0.15) is 0 Å². The monoisotopic (exact) mass is 279 g/mol. The summed E-state index contributed by atoms with van der Waals surface area (Å²) in [6, 6.07) is 7.66. The highest BCUT2D eigenvalue weighted by atomic mass is 16.5. The number of carbonyl (C=O) groups excluding carboxylic acids is 1. The smallest absolute Gasteiger partial charge is 0.220 e. The van der Waals surface area contributed by atoms with Gasteiger partial charge in [0.1, 0.15) is 5.75 Å². The molecule has 1 aromatic rings. The van der Waals surface area contributed by atoms with Gasteiger partial charge in [0.25, 0.3) is 0 Å². The van der Waals surface area contributed by atoms with Gasteiger partial charge in [-0.1, -0.05) is 12.1 Å². The SMILES string of the molecule is CC(O)CCC(=O)NC(C)c1cccc(OC(C)C)c1. The van der Waals surface area contributed by atoms with Crippen LogP contribution in [0.2, 0.25) is 0 Å². The van der Waals surface area contributed by atoms with E-state index in [0.717, 1.165) is 11.3 Å². The van der Waals surface area contributed by atoms with Crippen LogP contribution in [0.3, 0.4) is 0 Å². The molecule has 0 saturated heterocycles. The standard InChI is InChI=1S/C16H25NO3/c1-11(2)20-15-7-5-6-14(10-15)13(4)17-16(19)9-8-12(3)18/h5-7,10-13,18H,8-9H2,1-4H3,(H,17,19). The fourth-order valence-electron chi connectivity index (χ4n) is 1.87. The minimum Gasteiger partial charge on any atom is -0.491 e. The van der Waals surface area contributed by atoms with Crippen molar-refractivity contribution in [3.8, 4) is 5.75 Å². The summed E-state index contributed by atoms with van der Waals surface area (Å²) in [5.41, 5.74) is 1.01. The molecule has 0 bridgehead atoms. The quantitative estimate of drug-likeness (QED) is 0.807. The van der Waals surface area contributed by atoms with Gasteiger partial charge < -0.3 is 15.2 Å². The number of aliphatic hydroxyl groups is 1. The minimum atomic E-state index is -0.446. The Balaban J connectivity index is 2.58. The third-order valence-corrected chi connectivity index (χ3v) is 2.90. The van der Waals surface area contributed by atoms with Crippen LogP contribution in [0, 0.1) is 0 Å². The van der Waals surface area contributed by atoms with Crippen LogP contribution in [0.15, 0.2) is 24.3 Å². The van der Waals surface area contributed by atoms with Crippen molar-refractivity contribution in [2.45, 2.75) is 58.8 Å². The van der Waals surface area contributed by atoms with Crippen LogP contribution >= 0.6 is 0 Å². The zero-order valence-corrected chi connectivity index (χ0v) is 12.7. The Labute approximate surface area is 121 Å². The van der Waals surface area contributed by atoms with Gasteiger partial charge in [0.15, 0.2) is 0 Å². The number of carbonyl (C=O) groups is 1. The fraction of sp³-hybridized carbons (Fsp3) is 0.562. The second-order valence-electron chi connectivity index (χ2n) is 5.42. The maximum absolute atomic E-state index is 11.7. The van der Waals surface area contributed by atoms with Gasteiger partial charge in [0.05, 0.1) is 18.2 Å². The van der Waals surface area contributed by atoms with Crippen LogP contribution in [0.1, 0.15) is 52.1 Å². The summed E-state index contributed by atoms with van der Waals surface area (Å²) in [7, 11) is 0. The minimum absolute atomic E-state index is 0.0476. The van der Waals surface area contributed by atoms with Crippen molar-refractivity contribution in [3.63, 3.8) is 0 Å². The summed E-state index contributed by atoms with van der Waals surface area (Å²) in [4.78, 5) is 11.7. The van der Waals surface area contributed by atoms with E-state index in [-0.39, 0.29) is 18.1 Å². The molecule has 0 aromatic heterocycles. The fourth-order valence-corrected chi connectivity index (χ4v) is 1.87. The number of hydrogen-bond donors (Lipinski definition) is 2. The van der Waals surface area contributed by atoms with E-state index in [1.165, 1.54) is 0 Å². The topological polar surface area (TPSA) is 58.6 Å². The molecule has 1 amide bonds. The zero-order chi connectivity index (χ0) is 15.1. The molecule has 2 N–H and O–H groups in total. The predicted octanol–water partition coefficient (Wildman–Crippen LogP) is 2.81. The Bertz CT molecular complexity index is 429. The number of rotatable bonds is 7. The van der Waals surface area contributed by atoms with E-state index in [1.807, 2.05) is 45.0 Å². The molecule has 4 heteroatoms. The number of ether oxygens (including phenoxy) is 1. The number of amides is 1. The summed E-state index contributed by atoms with van der Waals surface area (Å²) in [5, 5.41) is 12.1. The van der Waals surface area contributed by atoms with Crippen LogP contribution < -0.4 is 10.1 Å². The van der Waals surface area contributed by atoms with E-state index in [1.54, 1.807) is 6.92 Å². The molecular formula is C16H25NO3. The molecule has 112 valence electrons. The molecule has 20 heavy (non-hydrogen) atoms. The Morgan fingerprint density at radius 2 is 2.00 bits per heavy atom. The third kappa shape index (κ3) is 6.06. The predicted molar refractivity (Wildman–Crippen MR) is 79.7 cm³/mol. The van der Waals surface area contributed by atoms with Gasteiger partial charge >= 0.3 is 0 Å². The van der Waals surface area contributed by atoms with Crippen molar-refractivity contribution in [1.82, 2.24) is 5.32 Å². The van der Waals surface area contributed by atoms with Crippen LogP contribution in [-0.2, 0) is 4.79 Å². The summed E-state index contributed by atoms with van der Waals surface area (Å²) >= 11 is 0. The third-order valence-electron chi connectivity index (χ3n) is 2.90. The highest BCUT2D eigenvalue weighted by molar-refractivity contribution is 5.76. The van der Waals surface area contributed by atoms with Gasteiger partial charge in [-0.3, -0.25) is 4.79 Å². The van der Waals surface area contributed by atoms with E-state index in [0.29, 0.717) is 12.8 Å². The van der Waals surface area contributed by atoms with Gasteiger partial charge in [0.2, 0.25) is 5.91 Å². The lowest BCUT2D eigenvalue weighted by Crippen LogP contribution is -2.27. The maximum atomic E-state index is 11.7. The van der Waals surface area contributed by atoms with Crippen molar-refractivity contribution in [2.24, 2.45) is 0 Å². The van der Waals surface area contributed by atoms with Gasteiger partial charge in [-0.25, -0.2) is 0 Å². The first-order valence-electron chi connectivity index (χ1n) is 7.12. The van der Waals surface area contributed by atoms with Crippen molar-refractivity contribution < 1.29 is 14.6 Å². The van der Waals surface area contributed by atoms with E-state index in [4.69, 9.17) is 4.74 Å². The molecule has 0 heterocycles. The second kappa shape index (κ2) is 7.90. The summed E-state index contributed by atoms with van der Waals surface area (Å²) in [6.45, 7) is 7.58. The Morgan fingerprint density at radius 1 is 1.30 bits per heavy atom. The Morgan fingerprint density at radius 3 is 2.60 bits per heavy atom. The summed E-state index contributed by atoms with van der Waals surface area (Å²) in [5.74, 6) is 0.760. The molecule has 0 aliphatic heterocycles. The molecule has 0 aliphatic carbocycles. The molecule has 0 aliphatic rings. The molecule has 1 rings (SSSR count). The zero-order valence-electron chi connectivity index (χ0n) is 12.7. The molecule has 0 radical (unpaired) electrons. The highest BCUT2D eigenvalue weighted by Crippen LogP contribution is 2.20. The second-order valence-corrected chi connectivity index (χ2v) is 5.42. The summed E-state index contributed by atoms with van der Waals surface area (Å²) < 4.78 is 5.64. The molecule has 0 fully saturated rings. The molecule has 0 saturated carbocycles. The number of hydrogen-bond acceptors (Lipinski definition) is 3. The number of benzene rings is 1. The molecule has 0 spiro atoms. The number of nitrogens with one attached hydrogen (secondary N) is 1. The Kier molecular flexibility index (Phi) is 6.52. The van der Waals surface area contributed by atoms with Gasteiger partial charge in [-0.05, 0) is 51.8 Å². The molecule has 4 nitrogen and oxygen atoms in total. The first-order chi connectivity index (χ1) is 9.38. The average Bonchev–Trinajstić information content (AvgIpc) is 2.36. The Hall–Kier alpha value is -1.55. The molecular weight excluding hydrogens is 254 g/mol. The maximum Gasteiger partial charge on any atom is 0.220 e. The molecule has 2 atom stereocenters. The lowest BCUT2D eigenvalue weighted by molar-refractivity contribution is -0.122. The van der Waals surface area contributed by atoms with Crippen LogP contribution in [0.5, 0.6) is 5.75 Å². The summed E-state index contributed by atoms with van der Waals surface area (Å²) in [6.07, 6.45) is 0.499. The van der Waals surface area contributed by atoms with Crippen LogP contribution in [-0.4, -0.2) is 23.2 Å². The number of aliphatic hydroxyl groups excluding tert-OH is 1. The van der Waals surface area contributed by atoms with Crippen LogP contribution in [0.4, 0.5) is 0 Å².